The van der Waals surface area contributed by atoms with Crippen molar-refractivity contribution in [3.05, 3.63) is 64.9 Å². The fraction of sp³-hybridized carbons (Fsp3) is 0.375. The number of halogens is 2. The first kappa shape index (κ1) is 22.2. The van der Waals surface area contributed by atoms with Crippen LogP contribution in [0.2, 0.25) is 0 Å². The van der Waals surface area contributed by atoms with Crippen molar-refractivity contribution in [1.82, 2.24) is 9.97 Å². The number of carbonyl (C=O) groups excluding carboxylic acids is 1. The van der Waals surface area contributed by atoms with Crippen LogP contribution in [0, 0.1) is 5.41 Å². The Morgan fingerprint density at radius 3 is 2.58 bits per heavy atom. The third kappa shape index (κ3) is 3.68. The number of anilines is 2. The molecule has 1 fully saturated rings. The van der Waals surface area contributed by atoms with Crippen molar-refractivity contribution in [2.24, 2.45) is 16.9 Å². The Labute approximate surface area is 202 Å². The van der Waals surface area contributed by atoms with Crippen molar-refractivity contribution in [3.8, 4) is 0 Å². The van der Waals surface area contributed by atoms with Gasteiger partial charge in [-0.1, -0.05) is 42.5 Å². The van der Waals surface area contributed by atoms with E-state index in [9.17, 15) is 4.79 Å². The second-order valence-corrected chi connectivity index (χ2v) is 10.0. The monoisotopic (exact) mass is 484 g/mol. The molecule has 33 heavy (non-hydrogen) atoms. The molecule has 2 aliphatic carbocycles. The molecule has 6 N–H and O–H groups in total. The van der Waals surface area contributed by atoms with E-state index >= 15 is 0 Å². The minimum Gasteiger partial charge on any atom is -0.383 e. The molecule has 0 bridgehead atoms. The number of primary amides is 1. The molecule has 7 nitrogen and oxygen atoms in total. The summed E-state index contributed by atoms with van der Waals surface area (Å²) in [4.78, 5) is 23.4. The first-order valence-corrected chi connectivity index (χ1v) is 11.9. The standard InChI is InChI=1S/C24H26Cl2N6O/c25-16-7-3-6-15(18(16)26)17-19(22(29)33)30-23(31-21(17)28)32-10-8-24(9-11-32)12-13-4-1-2-5-14(13)20(24)27/h1-7,16,18,20H,8-12,27H2,(H2,29,33)(H2,28,30,31)/t16-,18+,20+/m0/s1. The minimum absolute atomic E-state index is 0.0147. The molecule has 9 heteroatoms. The molecule has 5 rings (SSSR count). The second-order valence-electron chi connectivity index (χ2n) is 9.05. The first-order chi connectivity index (χ1) is 15.8. The van der Waals surface area contributed by atoms with Crippen molar-refractivity contribution < 1.29 is 4.79 Å². The summed E-state index contributed by atoms with van der Waals surface area (Å²) >= 11 is 12.8. The van der Waals surface area contributed by atoms with Gasteiger partial charge in [0.1, 0.15) is 11.5 Å². The van der Waals surface area contributed by atoms with Crippen LogP contribution < -0.4 is 22.1 Å². The Hall–Kier alpha value is -2.61. The SMILES string of the molecule is NC(=O)c1nc(N2CCC3(CC2)Cc2ccccc2[C@H]3N)nc(N)c1C1=CC=C[C@H](Cl)[C@@H]1Cl. The van der Waals surface area contributed by atoms with E-state index in [0.717, 1.165) is 19.3 Å². The number of hydrogen-bond donors (Lipinski definition) is 3. The molecule has 3 atom stereocenters. The lowest BCUT2D eigenvalue weighted by atomic mass is 9.73. The highest BCUT2D eigenvalue weighted by atomic mass is 35.5. The summed E-state index contributed by atoms with van der Waals surface area (Å²) in [5.41, 5.74) is 22.3. The van der Waals surface area contributed by atoms with E-state index in [2.05, 4.69) is 28.2 Å². The summed E-state index contributed by atoms with van der Waals surface area (Å²) in [6.07, 6.45) is 8.08. The lowest BCUT2D eigenvalue weighted by molar-refractivity contribution is 0.0995. The van der Waals surface area contributed by atoms with Gasteiger partial charge in [-0.15, -0.1) is 23.2 Å². The summed E-state index contributed by atoms with van der Waals surface area (Å²) in [5.74, 6) is -0.132. The topological polar surface area (TPSA) is 124 Å². The Kier molecular flexibility index (Phi) is 5.59. The highest BCUT2D eigenvalue weighted by molar-refractivity contribution is 6.35. The van der Waals surface area contributed by atoms with Gasteiger partial charge in [-0.05, 0) is 41.4 Å². The van der Waals surface area contributed by atoms with Crippen molar-refractivity contribution in [3.63, 3.8) is 0 Å². The van der Waals surface area contributed by atoms with Gasteiger partial charge >= 0.3 is 0 Å². The van der Waals surface area contributed by atoms with Crippen molar-refractivity contribution in [1.29, 1.82) is 0 Å². The van der Waals surface area contributed by atoms with Crippen molar-refractivity contribution in [2.75, 3.05) is 23.7 Å². The predicted octanol–water partition coefficient (Wildman–Crippen LogP) is 3.17. The van der Waals surface area contributed by atoms with Crippen LogP contribution in [0.15, 0.2) is 42.5 Å². The lowest BCUT2D eigenvalue weighted by Crippen LogP contribution is -2.45. The van der Waals surface area contributed by atoms with E-state index in [1.165, 1.54) is 11.1 Å². The van der Waals surface area contributed by atoms with Crippen LogP contribution in [0.1, 0.15) is 46.1 Å². The van der Waals surface area contributed by atoms with Gasteiger partial charge in [-0.3, -0.25) is 4.79 Å². The van der Waals surface area contributed by atoms with Crippen molar-refractivity contribution in [2.45, 2.75) is 36.1 Å². The number of alkyl halides is 2. The number of piperidine rings is 1. The molecular weight excluding hydrogens is 459 g/mol. The number of rotatable bonds is 3. The average Bonchev–Trinajstić information content (AvgIpc) is 3.07. The third-order valence-corrected chi connectivity index (χ3v) is 8.26. The minimum atomic E-state index is -0.687. The Morgan fingerprint density at radius 2 is 1.88 bits per heavy atom. The number of benzene rings is 1. The number of allylic oxidation sites excluding steroid dienone is 4. The van der Waals surface area contributed by atoms with Crippen LogP contribution in [0.5, 0.6) is 0 Å². The number of carbonyl (C=O) groups is 1. The van der Waals surface area contributed by atoms with Gasteiger partial charge in [-0.2, -0.15) is 4.98 Å². The molecule has 1 amide bonds. The largest absolute Gasteiger partial charge is 0.383 e. The highest BCUT2D eigenvalue weighted by Crippen LogP contribution is 2.51. The normalized spacial score (nSPS) is 25.7. The number of amides is 1. The summed E-state index contributed by atoms with van der Waals surface area (Å²) in [6, 6.07) is 8.43. The number of aromatic nitrogens is 2. The fourth-order valence-electron chi connectivity index (χ4n) is 5.38. The van der Waals surface area contributed by atoms with E-state index < -0.39 is 16.7 Å². The number of fused-ring (bicyclic) bond motifs is 1. The Bertz CT molecular complexity index is 1170. The fourth-order valence-corrected chi connectivity index (χ4v) is 5.86. The second kappa shape index (κ2) is 8.31. The molecule has 2 aromatic rings. The molecule has 0 unspecified atom stereocenters. The van der Waals surface area contributed by atoms with E-state index in [1.54, 1.807) is 18.2 Å². The van der Waals surface area contributed by atoms with Gasteiger partial charge in [0.2, 0.25) is 5.95 Å². The zero-order chi connectivity index (χ0) is 23.3. The number of nitrogens with zero attached hydrogens (tertiary/aromatic N) is 3. The molecule has 2 heterocycles. The average molecular weight is 485 g/mol. The van der Waals surface area contributed by atoms with Gasteiger partial charge < -0.3 is 22.1 Å². The van der Waals surface area contributed by atoms with E-state index in [4.69, 9.17) is 40.4 Å². The van der Waals surface area contributed by atoms with Crippen LogP contribution >= 0.6 is 23.2 Å². The summed E-state index contributed by atoms with van der Waals surface area (Å²) < 4.78 is 0. The summed E-state index contributed by atoms with van der Waals surface area (Å²) in [5, 5.41) is -1.02. The maximum atomic E-state index is 12.3. The number of nitrogens with two attached hydrogens (primary N) is 3. The van der Waals surface area contributed by atoms with Crippen molar-refractivity contribution >= 4 is 46.4 Å². The van der Waals surface area contributed by atoms with E-state index in [1.807, 2.05) is 11.0 Å². The molecule has 3 aliphatic rings. The number of hydrogen-bond acceptors (Lipinski definition) is 6. The third-order valence-electron chi connectivity index (χ3n) is 7.23. The summed E-state index contributed by atoms with van der Waals surface area (Å²) in [7, 11) is 0. The lowest BCUT2D eigenvalue weighted by Gasteiger charge is -2.42. The maximum absolute atomic E-state index is 12.3. The molecule has 1 saturated heterocycles. The van der Waals surface area contributed by atoms with Gasteiger partial charge in [0.15, 0.2) is 0 Å². The first-order valence-electron chi connectivity index (χ1n) is 11.0. The Morgan fingerprint density at radius 1 is 1.15 bits per heavy atom. The molecule has 172 valence electrons. The van der Waals surface area contributed by atoms with Gasteiger partial charge in [0.05, 0.1) is 16.3 Å². The highest BCUT2D eigenvalue weighted by Gasteiger charge is 2.46. The molecule has 1 spiro atoms. The molecule has 1 aromatic heterocycles. The predicted molar refractivity (Wildman–Crippen MR) is 132 cm³/mol. The summed E-state index contributed by atoms with van der Waals surface area (Å²) in [6.45, 7) is 1.43. The van der Waals surface area contributed by atoms with Gasteiger partial charge in [-0.25, -0.2) is 4.98 Å². The zero-order valence-electron chi connectivity index (χ0n) is 18.0. The molecule has 1 aromatic carbocycles. The van der Waals surface area contributed by atoms with Crippen LogP contribution in [0.25, 0.3) is 5.57 Å². The van der Waals surface area contributed by atoms with E-state index in [0.29, 0.717) is 30.2 Å². The van der Waals surface area contributed by atoms with Gasteiger partial charge in [0.25, 0.3) is 5.91 Å². The van der Waals surface area contributed by atoms with Crippen LogP contribution in [0.4, 0.5) is 11.8 Å². The van der Waals surface area contributed by atoms with E-state index in [-0.39, 0.29) is 23.0 Å². The molecular formula is C24H26Cl2N6O. The number of nitrogen functional groups attached to an aromatic ring is 1. The smallest absolute Gasteiger partial charge is 0.268 e. The van der Waals surface area contributed by atoms with Crippen LogP contribution in [-0.2, 0) is 6.42 Å². The van der Waals surface area contributed by atoms with Crippen LogP contribution in [-0.4, -0.2) is 39.7 Å². The Balaban J connectivity index is 1.42. The molecule has 0 saturated carbocycles. The zero-order valence-corrected chi connectivity index (χ0v) is 19.6. The maximum Gasteiger partial charge on any atom is 0.268 e. The van der Waals surface area contributed by atoms with Crippen LogP contribution in [0.3, 0.4) is 0 Å². The molecule has 1 aliphatic heterocycles. The van der Waals surface area contributed by atoms with Gasteiger partial charge in [0, 0.05) is 19.1 Å². The quantitative estimate of drug-likeness (QED) is 0.574. The molecule has 0 radical (unpaired) electrons.